The van der Waals surface area contributed by atoms with Gasteiger partial charge in [0.1, 0.15) is 0 Å². The Labute approximate surface area is 171 Å². The number of amides is 1. The topological polar surface area (TPSA) is 109 Å². The number of guanidine groups is 1. The van der Waals surface area contributed by atoms with Gasteiger partial charge in [-0.25, -0.2) is 9.97 Å². The number of carbonyl (C=O) groups excluding carboxylic acids is 1. The Morgan fingerprint density at radius 1 is 1.35 bits per heavy atom. The average molecular weight is 477 g/mol. The van der Waals surface area contributed by atoms with Crippen molar-refractivity contribution in [1.29, 1.82) is 0 Å². The average Bonchev–Trinajstić information content (AvgIpc) is 2.62. The van der Waals surface area contributed by atoms with Gasteiger partial charge in [-0.05, 0) is 13.0 Å². The summed E-state index contributed by atoms with van der Waals surface area (Å²) in [5, 5.41) is 3.02. The molecule has 1 aliphatic rings. The van der Waals surface area contributed by atoms with Gasteiger partial charge in [0.05, 0.1) is 13.2 Å². The molecule has 0 bridgehead atoms. The largest absolute Gasteiger partial charge is 0.383 e. The van der Waals surface area contributed by atoms with Crippen LogP contribution < -0.4 is 16.0 Å². The Bertz CT molecular complexity index is 565. The van der Waals surface area contributed by atoms with Crippen molar-refractivity contribution in [2.75, 3.05) is 51.3 Å². The minimum absolute atomic E-state index is 0. The van der Waals surface area contributed by atoms with E-state index in [9.17, 15) is 4.79 Å². The van der Waals surface area contributed by atoms with Gasteiger partial charge < -0.3 is 25.6 Å². The number of nitrogens with zero attached hydrogens (tertiary/aromatic N) is 5. The highest BCUT2D eigenvalue weighted by molar-refractivity contribution is 14.0. The quantitative estimate of drug-likeness (QED) is 0.325. The molecular formula is C16H28IN7O2. The van der Waals surface area contributed by atoms with Crippen LogP contribution in [-0.4, -0.2) is 79.2 Å². The summed E-state index contributed by atoms with van der Waals surface area (Å²) in [6.07, 6.45) is 3.80. The highest BCUT2D eigenvalue weighted by atomic mass is 127. The van der Waals surface area contributed by atoms with Gasteiger partial charge in [0.25, 0.3) is 0 Å². The lowest BCUT2D eigenvalue weighted by Crippen LogP contribution is -2.49. The third-order valence-electron chi connectivity index (χ3n) is 3.89. The number of aromatic nitrogens is 2. The summed E-state index contributed by atoms with van der Waals surface area (Å²) >= 11 is 0. The van der Waals surface area contributed by atoms with E-state index < -0.39 is 0 Å². The van der Waals surface area contributed by atoms with Crippen LogP contribution in [0.15, 0.2) is 23.5 Å². The molecule has 26 heavy (non-hydrogen) atoms. The minimum atomic E-state index is 0. The number of aliphatic imine (C=N–C) groups is 1. The first-order valence-electron chi connectivity index (χ1n) is 8.45. The Morgan fingerprint density at radius 3 is 2.62 bits per heavy atom. The van der Waals surface area contributed by atoms with E-state index in [-0.39, 0.29) is 35.9 Å². The zero-order valence-corrected chi connectivity index (χ0v) is 17.6. The predicted octanol–water partition coefficient (Wildman–Crippen LogP) is 0.0725. The maximum atomic E-state index is 12.3. The van der Waals surface area contributed by atoms with Gasteiger partial charge >= 0.3 is 0 Å². The zero-order valence-electron chi connectivity index (χ0n) is 15.3. The number of hydrogen-bond acceptors (Lipinski definition) is 6. The van der Waals surface area contributed by atoms with Crippen LogP contribution in [0.3, 0.4) is 0 Å². The molecule has 0 aromatic carbocycles. The van der Waals surface area contributed by atoms with Gasteiger partial charge in [-0.3, -0.25) is 9.79 Å². The van der Waals surface area contributed by atoms with E-state index in [1.807, 2.05) is 11.8 Å². The molecule has 3 N–H and O–H groups in total. The molecule has 146 valence electrons. The van der Waals surface area contributed by atoms with E-state index in [1.54, 1.807) is 25.6 Å². The predicted molar refractivity (Wildman–Crippen MR) is 112 cm³/mol. The summed E-state index contributed by atoms with van der Waals surface area (Å²) in [5.74, 6) is 1.14. The van der Waals surface area contributed by atoms with Crippen molar-refractivity contribution in [3.8, 4) is 0 Å². The van der Waals surface area contributed by atoms with E-state index in [4.69, 9.17) is 10.5 Å². The van der Waals surface area contributed by atoms with Crippen LogP contribution in [0.25, 0.3) is 0 Å². The van der Waals surface area contributed by atoms with Crippen LogP contribution in [0.2, 0.25) is 0 Å². The number of nitrogens with one attached hydrogen (secondary N) is 1. The summed E-state index contributed by atoms with van der Waals surface area (Å²) in [6, 6.07) is 1.87. The van der Waals surface area contributed by atoms with Crippen LogP contribution in [0.1, 0.15) is 13.3 Å². The lowest BCUT2D eigenvalue weighted by molar-refractivity contribution is -0.131. The molecule has 1 aliphatic heterocycles. The fourth-order valence-electron chi connectivity index (χ4n) is 2.63. The van der Waals surface area contributed by atoms with Crippen LogP contribution in [0.4, 0.5) is 5.95 Å². The molecule has 1 aromatic heterocycles. The molecule has 0 spiro atoms. The molecule has 10 heteroatoms. The van der Waals surface area contributed by atoms with Crippen molar-refractivity contribution in [3.05, 3.63) is 18.5 Å². The van der Waals surface area contributed by atoms with E-state index in [2.05, 4.69) is 25.2 Å². The number of methoxy groups -OCH3 is 1. The SMILES string of the molecule is COCC(C)NC(N)=NCCC(=O)N1CCN(c2ncccn2)CC1.I. The van der Waals surface area contributed by atoms with E-state index >= 15 is 0 Å². The van der Waals surface area contributed by atoms with Crippen LogP contribution in [0.5, 0.6) is 0 Å². The summed E-state index contributed by atoms with van der Waals surface area (Å²) in [4.78, 5) is 28.9. The maximum absolute atomic E-state index is 12.3. The second-order valence-electron chi connectivity index (χ2n) is 5.93. The summed E-state index contributed by atoms with van der Waals surface area (Å²) in [7, 11) is 1.63. The Morgan fingerprint density at radius 2 is 2.00 bits per heavy atom. The molecular weight excluding hydrogens is 449 g/mol. The zero-order chi connectivity index (χ0) is 18.1. The fourth-order valence-corrected chi connectivity index (χ4v) is 2.63. The second kappa shape index (κ2) is 11.8. The number of halogens is 1. The number of carbonyl (C=O) groups is 1. The molecule has 2 heterocycles. The van der Waals surface area contributed by atoms with Crippen molar-refractivity contribution in [2.24, 2.45) is 10.7 Å². The van der Waals surface area contributed by atoms with Crippen LogP contribution in [0, 0.1) is 0 Å². The van der Waals surface area contributed by atoms with E-state index in [0.29, 0.717) is 44.6 Å². The number of hydrogen-bond donors (Lipinski definition) is 2. The smallest absolute Gasteiger partial charge is 0.225 e. The second-order valence-corrected chi connectivity index (χ2v) is 5.93. The van der Waals surface area contributed by atoms with Gasteiger partial charge in [0, 0.05) is 58.1 Å². The molecule has 0 radical (unpaired) electrons. The Kier molecular flexibility index (Phi) is 10.2. The molecule has 1 unspecified atom stereocenters. The minimum Gasteiger partial charge on any atom is -0.383 e. The molecule has 2 rings (SSSR count). The van der Waals surface area contributed by atoms with Gasteiger partial charge in [0.2, 0.25) is 11.9 Å². The molecule has 1 aromatic rings. The van der Waals surface area contributed by atoms with E-state index in [1.165, 1.54) is 0 Å². The summed E-state index contributed by atoms with van der Waals surface area (Å²) < 4.78 is 5.02. The summed E-state index contributed by atoms with van der Waals surface area (Å²) in [6.45, 7) is 5.67. The molecule has 0 aliphatic carbocycles. The number of anilines is 1. The van der Waals surface area contributed by atoms with Gasteiger partial charge in [-0.15, -0.1) is 24.0 Å². The molecule has 1 atom stereocenters. The van der Waals surface area contributed by atoms with Crippen molar-refractivity contribution in [3.63, 3.8) is 0 Å². The summed E-state index contributed by atoms with van der Waals surface area (Å²) in [5.41, 5.74) is 5.79. The van der Waals surface area contributed by atoms with Crippen molar-refractivity contribution < 1.29 is 9.53 Å². The molecule has 1 amide bonds. The Balaban J connectivity index is 0.00000338. The van der Waals surface area contributed by atoms with Crippen molar-refractivity contribution in [1.82, 2.24) is 20.2 Å². The number of piperazine rings is 1. The van der Waals surface area contributed by atoms with Crippen LogP contribution in [-0.2, 0) is 9.53 Å². The van der Waals surface area contributed by atoms with Gasteiger partial charge in [0.15, 0.2) is 5.96 Å². The third kappa shape index (κ3) is 7.28. The fraction of sp³-hybridized carbons (Fsp3) is 0.625. The molecule has 9 nitrogen and oxygen atoms in total. The first-order chi connectivity index (χ1) is 12.1. The monoisotopic (exact) mass is 477 g/mol. The highest BCUT2D eigenvalue weighted by Gasteiger charge is 2.21. The molecule has 1 saturated heterocycles. The standard InChI is InChI=1S/C16H27N7O2.HI/c1-13(12-25-2)21-15(17)18-7-4-14(24)22-8-10-23(11-9-22)16-19-5-3-6-20-16;/h3,5-6,13H,4,7-12H2,1-2H3,(H3,17,18,21);1H. The van der Waals surface area contributed by atoms with E-state index in [0.717, 1.165) is 13.1 Å². The first-order valence-corrected chi connectivity index (χ1v) is 8.45. The van der Waals surface area contributed by atoms with Crippen LogP contribution >= 0.6 is 24.0 Å². The van der Waals surface area contributed by atoms with Crippen molar-refractivity contribution >= 4 is 41.8 Å². The van der Waals surface area contributed by atoms with Gasteiger partial charge in [-0.1, -0.05) is 0 Å². The highest BCUT2D eigenvalue weighted by Crippen LogP contribution is 2.10. The number of nitrogens with two attached hydrogens (primary N) is 1. The molecule has 0 saturated carbocycles. The third-order valence-corrected chi connectivity index (χ3v) is 3.89. The number of ether oxygens (including phenoxy) is 1. The molecule has 1 fully saturated rings. The normalized spacial score (nSPS) is 16.0. The Hall–Kier alpha value is -1.69. The van der Waals surface area contributed by atoms with Crippen molar-refractivity contribution in [2.45, 2.75) is 19.4 Å². The maximum Gasteiger partial charge on any atom is 0.225 e. The first kappa shape index (κ1) is 22.4. The lowest BCUT2D eigenvalue weighted by Gasteiger charge is -2.34. The van der Waals surface area contributed by atoms with Gasteiger partial charge in [-0.2, -0.15) is 0 Å². The lowest BCUT2D eigenvalue weighted by atomic mass is 10.3. The number of rotatable bonds is 7.